The SMILES string of the molecule is Cc1nnc(NC(=O)c2ccc(N)c(O)c2)o1. The number of amides is 1. The van der Waals surface area contributed by atoms with Crippen molar-refractivity contribution in [2.24, 2.45) is 0 Å². The maximum atomic E-state index is 11.7. The lowest BCUT2D eigenvalue weighted by molar-refractivity contribution is 0.102. The van der Waals surface area contributed by atoms with Gasteiger partial charge in [-0.1, -0.05) is 5.10 Å². The van der Waals surface area contributed by atoms with Crippen LogP contribution in [0.25, 0.3) is 0 Å². The van der Waals surface area contributed by atoms with Crippen molar-refractivity contribution in [2.45, 2.75) is 6.92 Å². The number of nitrogens with zero attached hydrogens (tertiary/aromatic N) is 2. The second kappa shape index (κ2) is 4.12. The summed E-state index contributed by atoms with van der Waals surface area (Å²) in [7, 11) is 0. The molecule has 0 aliphatic carbocycles. The molecule has 1 aromatic heterocycles. The van der Waals surface area contributed by atoms with Crippen LogP contribution in [0.1, 0.15) is 16.2 Å². The Morgan fingerprint density at radius 1 is 1.47 bits per heavy atom. The van der Waals surface area contributed by atoms with Gasteiger partial charge < -0.3 is 15.3 Å². The van der Waals surface area contributed by atoms with Gasteiger partial charge >= 0.3 is 6.01 Å². The molecule has 0 saturated heterocycles. The molecule has 0 saturated carbocycles. The van der Waals surface area contributed by atoms with Crippen LogP contribution in [-0.2, 0) is 0 Å². The van der Waals surface area contributed by atoms with E-state index in [-0.39, 0.29) is 23.0 Å². The van der Waals surface area contributed by atoms with Gasteiger partial charge in [0, 0.05) is 12.5 Å². The lowest BCUT2D eigenvalue weighted by Crippen LogP contribution is -2.12. The molecular weight excluding hydrogens is 224 g/mol. The number of aromatic hydroxyl groups is 1. The highest BCUT2D eigenvalue weighted by molar-refractivity contribution is 6.03. The second-order valence-electron chi connectivity index (χ2n) is 3.35. The van der Waals surface area contributed by atoms with Gasteiger partial charge in [-0.2, -0.15) is 0 Å². The van der Waals surface area contributed by atoms with Gasteiger partial charge in [0.25, 0.3) is 5.91 Å². The first-order chi connectivity index (χ1) is 8.06. The molecule has 0 unspecified atom stereocenters. The number of carbonyl (C=O) groups excluding carboxylic acids is 1. The number of aromatic nitrogens is 2. The average molecular weight is 234 g/mol. The smallest absolute Gasteiger partial charge is 0.322 e. The van der Waals surface area contributed by atoms with Gasteiger partial charge in [-0.25, -0.2) is 0 Å². The van der Waals surface area contributed by atoms with Crippen LogP contribution in [0.2, 0.25) is 0 Å². The number of phenols is 1. The highest BCUT2D eigenvalue weighted by Gasteiger charge is 2.11. The first-order valence-electron chi connectivity index (χ1n) is 4.76. The summed E-state index contributed by atoms with van der Waals surface area (Å²) in [5.74, 6) is -0.274. The van der Waals surface area contributed by atoms with Crippen molar-refractivity contribution in [3.63, 3.8) is 0 Å². The number of hydrogen-bond acceptors (Lipinski definition) is 6. The van der Waals surface area contributed by atoms with Crippen LogP contribution in [0.3, 0.4) is 0 Å². The summed E-state index contributed by atoms with van der Waals surface area (Å²) in [5.41, 5.74) is 5.87. The summed E-state index contributed by atoms with van der Waals surface area (Å²) < 4.78 is 4.99. The molecule has 0 spiro atoms. The molecule has 2 aromatic rings. The fourth-order valence-corrected chi connectivity index (χ4v) is 1.20. The summed E-state index contributed by atoms with van der Waals surface area (Å²) in [5, 5.41) is 18.9. The number of carbonyl (C=O) groups is 1. The van der Waals surface area contributed by atoms with Crippen LogP contribution < -0.4 is 11.1 Å². The number of phenolic OH excluding ortho intramolecular Hbond substituents is 1. The molecular formula is C10H10N4O3. The average Bonchev–Trinajstić information content (AvgIpc) is 2.68. The summed E-state index contributed by atoms with van der Waals surface area (Å²) in [6, 6.07) is 4.17. The molecule has 2 rings (SSSR count). The molecule has 0 fully saturated rings. The Morgan fingerprint density at radius 3 is 2.82 bits per heavy atom. The molecule has 1 heterocycles. The van der Waals surface area contributed by atoms with E-state index in [9.17, 15) is 9.90 Å². The van der Waals surface area contributed by atoms with Gasteiger partial charge in [0.05, 0.1) is 5.69 Å². The number of nitrogens with two attached hydrogens (primary N) is 1. The van der Waals surface area contributed by atoms with Crippen molar-refractivity contribution in [2.75, 3.05) is 11.1 Å². The normalized spacial score (nSPS) is 10.2. The van der Waals surface area contributed by atoms with Gasteiger partial charge in [-0.05, 0) is 18.2 Å². The van der Waals surface area contributed by atoms with Gasteiger partial charge in [-0.15, -0.1) is 5.10 Å². The Kier molecular flexibility index (Phi) is 2.65. The third-order valence-electron chi connectivity index (χ3n) is 2.04. The topological polar surface area (TPSA) is 114 Å². The predicted molar refractivity (Wildman–Crippen MR) is 59.5 cm³/mol. The van der Waals surface area contributed by atoms with E-state index in [1.165, 1.54) is 18.2 Å². The van der Waals surface area contributed by atoms with Crippen LogP contribution >= 0.6 is 0 Å². The molecule has 88 valence electrons. The molecule has 1 amide bonds. The maximum absolute atomic E-state index is 11.7. The summed E-state index contributed by atoms with van der Waals surface area (Å²) in [6.07, 6.45) is 0. The molecule has 0 aliphatic heterocycles. The van der Waals surface area contributed by atoms with Gasteiger partial charge in [0.2, 0.25) is 5.89 Å². The van der Waals surface area contributed by atoms with Crippen molar-refractivity contribution < 1.29 is 14.3 Å². The molecule has 7 nitrogen and oxygen atoms in total. The van der Waals surface area contributed by atoms with Crippen molar-refractivity contribution >= 4 is 17.6 Å². The van der Waals surface area contributed by atoms with Crippen molar-refractivity contribution in [3.8, 4) is 5.75 Å². The molecule has 7 heteroatoms. The number of hydrogen-bond donors (Lipinski definition) is 3. The monoisotopic (exact) mass is 234 g/mol. The Bertz CT molecular complexity index is 564. The first kappa shape index (κ1) is 10.9. The lowest BCUT2D eigenvalue weighted by atomic mass is 10.2. The van der Waals surface area contributed by atoms with E-state index >= 15 is 0 Å². The van der Waals surface area contributed by atoms with Crippen LogP contribution in [0.15, 0.2) is 22.6 Å². The molecule has 4 N–H and O–H groups in total. The Labute approximate surface area is 96.3 Å². The minimum atomic E-state index is -0.469. The number of nitrogens with one attached hydrogen (secondary N) is 1. The van der Waals surface area contributed by atoms with Gasteiger partial charge in [-0.3, -0.25) is 10.1 Å². The standard InChI is InChI=1S/C10H10N4O3/c1-5-13-14-10(17-5)12-9(16)6-2-3-7(11)8(15)4-6/h2-4,15H,11H2,1H3,(H,12,14,16). The number of anilines is 2. The highest BCUT2D eigenvalue weighted by Crippen LogP contribution is 2.21. The quantitative estimate of drug-likeness (QED) is 0.525. The van der Waals surface area contributed by atoms with E-state index < -0.39 is 5.91 Å². The van der Waals surface area contributed by atoms with E-state index in [0.29, 0.717) is 5.89 Å². The maximum Gasteiger partial charge on any atom is 0.322 e. The number of benzene rings is 1. The van der Waals surface area contributed by atoms with Gasteiger partial charge in [0.15, 0.2) is 0 Å². The Hall–Kier alpha value is -2.57. The molecule has 0 atom stereocenters. The zero-order valence-electron chi connectivity index (χ0n) is 8.97. The number of aryl methyl sites for hydroxylation is 1. The van der Waals surface area contributed by atoms with Crippen molar-refractivity contribution in [3.05, 3.63) is 29.7 Å². The van der Waals surface area contributed by atoms with E-state index in [1.54, 1.807) is 6.92 Å². The van der Waals surface area contributed by atoms with E-state index in [4.69, 9.17) is 10.2 Å². The Balaban J connectivity index is 2.17. The van der Waals surface area contributed by atoms with Crippen molar-refractivity contribution in [1.82, 2.24) is 10.2 Å². The molecule has 0 bridgehead atoms. The summed E-state index contributed by atoms with van der Waals surface area (Å²) >= 11 is 0. The fourth-order valence-electron chi connectivity index (χ4n) is 1.20. The largest absolute Gasteiger partial charge is 0.506 e. The third kappa shape index (κ3) is 2.33. The Morgan fingerprint density at radius 2 is 2.24 bits per heavy atom. The third-order valence-corrected chi connectivity index (χ3v) is 2.04. The van der Waals surface area contributed by atoms with Crippen LogP contribution in [-0.4, -0.2) is 21.2 Å². The predicted octanol–water partition coefficient (Wildman–Crippen LogP) is 0.918. The van der Waals surface area contributed by atoms with Crippen LogP contribution in [0.5, 0.6) is 5.75 Å². The van der Waals surface area contributed by atoms with Gasteiger partial charge in [0.1, 0.15) is 5.75 Å². The van der Waals surface area contributed by atoms with E-state index in [0.717, 1.165) is 0 Å². The lowest BCUT2D eigenvalue weighted by Gasteiger charge is -2.02. The molecule has 0 aliphatic rings. The summed E-state index contributed by atoms with van der Waals surface area (Å²) in [6.45, 7) is 1.61. The summed E-state index contributed by atoms with van der Waals surface area (Å²) in [4.78, 5) is 11.7. The first-order valence-corrected chi connectivity index (χ1v) is 4.76. The number of rotatable bonds is 2. The van der Waals surface area contributed by atoms with E-state index in [2.05, 4.69) is 15.5 Å². The molecule has 1 aromatic carbocycles. The fraction of sp³-hybridized carbons (Fsp3) is 0.100. The minimum absolute atomic E-state index is 0.00353. The zero-order valence-corrected chi connectivity index (χ0v) is 8.97. The zero-order chi connectivity index (χ0) is 12.4. The van der Waals surface area contributed by atoms with Crippen molar-refractivity contribution in [1.29, 1.82) is 0 Å². The van der Waals surface area contributed by atoms with E-state index in [1.807, 2.05) is 0 Å². The van der Waals surface area contributed by atoms with Crippen LogP contribution in [0.4, 0.5) is 11.7 Å². The minimum Gasteiger partial charge on any atom is -0.506 e. The second-order valence-corrected chi connectivity index (χ2v) is 3.35. The molecule has 0 radical (unpaired) electrons. The number of nitrogen functional groups attached to an aromatic ring is 1. The highest BCUT2D eigenvalue weighted by atomic mass is 16.4. The molecule has 17 heavy (non-hydrogen) atoms. The van der Waals surface area contributed by atoms with Crippen LogP contribution in [0, 0.1) is 6.92 Å².